The summed E-state index contributed by atoms with van der Waals surface area (Å²) in [7, 11) is 0. The van der Waals surface area contributed by atoms with E-state index in [1.54, 1.807) is 0 Å². The van der Waals surface area contributed by atoms with Crippen LogP contribution in [0, 0.1) is 0 Å². The molecule has 0 unspecified atom stereocenters. The summed E-state index contributed by atoms with van der Waals surface area (Å²) in [5.41, 5.74) is 12.9. The van der Waals surface area contributed by atoms with Crippen LogP contribution in [-0.2, 0) is 21.7 Å². The Hall–Kier alpha value is -2.36. The SMILES string of the molecule is CC(C)(C)c1cc(-c2cc(Br)c3[nH]c4c(Br)cc(-c5cc(C(C)(C)C)cc(C(C)(C)C)c5)cc4c3c2)cc(C(C)(C)C)c1. The van der Waals surface area contributed by atoms with Crippen LogP contribution in [0.25, 0.3) is 44.1 Å². The molecule has 0 spiro atoms. The molecule has 3 heteroatoms. The van der Waals surface area contributed by atoms with Gasteiger partial charge in [0.05, 0.1) is 11.0 Å². The first kappa shape index (κ1) is 32.0. The van der Waals surface area contributed by atoms with Crippen molar-refractivity contribution in [2.24, 2.45) is 0 Å². The summed E-state index contributed by atoms with van der Waals surface area (Å²) < 4.78 is 2.15. The van der Waals surface area contributed by atoms with Crippen molar-refractivity contribution in [3.63, 3.8) is 0 Å². The van der Waals surface area contributed by atoms with E-state index in [9.17, 15) is 0 Å². The number of fused-ring (bicyclic) bond motifs is 3. The zero-order chi connectivity index (χ0) is 31.9. The molecule has 5 rings (SSSR count). The maximum atomic E-state index is 3.94. The average molecular weight is 702 g/mol. The quantitative estimate of drug-likeness (QED) is 0.189. The number of benzene rings is 4. The second-order valence-electron chi connectivity index (χ2n) is 16.5. The van der Waals surface area contributed by atoms with E-state index in [0.29, 0.717) is 0 Å². The first-order valence-corrected chi connectivity index (χ1v) is 17.0. The molecule has 0 aliphatic carbocycles. The van der Waals surface area contributed by atoms with Crippen LogP contribution < -0.4 is 0 Å². The van der Waals surface area contributed by atoms with E-state index in [1.165, 1.54) is 55.3 Å². The second kappa shape index (κ2) is 10.6. The highest BCUT2D eigenvalue weighted by atomic mass is 79.9. The largest absolute Gasteiger partial charge is 0.353 e. The molecule has 1 nitrogen and oxygen atoms in total. The highest BCUT2D eigenvalue weighted by molar-refractivity contribution is 9.11. The fourth-order valence-electron chi connectivity index (χ4n) is 5.67. The lowest BCUT2D eigenvalue weighted by molar-refractivity contribution is 0.568. The van der Waals surface area contributed by atoms with Crippen LogP contribution in [-0.4, -0.2) is 4.98 Å². The minimum Gasteiger partial charge on any atom is -0.353 e. The van der Waals surface area contributed by atoms with E-state index in [4.69, 9.17) is 0 Å². The van der Waals surface area contributed by atoms with Gasteiger partial charge >= 0.3 is 0 Å². The molecule has 1 heterocycles. The molecule has 4 aromatic carbocycles. The van der Waals surface area contributed by atoms with E-state index >= 15 is 0 Å². The topological polar surface area (TPSA) is 15.8 Å². The van der Waals surface area contributed by atoms with Gasteiger partial charge in [-0.15, -0.1) is 0 Å². The minimum absolute atomic E-state index is 0.0609. The van der Waals surface area contributed by atoms with Gasteiger partial charge in [-0.3, -0.25) is 0 Å². The lowest BCUT2D eigenvalue weighted by Crippen LogP contribution is -2.16. The third-order valence-electron chi connectivity index (χ3n) is 8.72. The van der Waals surface area contributed by atoms with Gasteiger partial charge in [-0.2, -0.15) is 0 Å². The Balaban J connectivity index is 1.77. The highest BCUT2D eigenvalue weighted by Crippen LogP contribution is 2.42. The molecule has 0 radical (unpaired) electrons. The zero-order valence-corrected chi connectivity index (χ0v) is 31.2. The van der Waals surface area contributed by atoms with Crippen LogP contribution in [0.3, 0.4) is 0 Å². The lowest BCUT2D eigenvalue weighted by atomic mass is 9.78. The molecule has 1 N–H and O–H groups in total. The first-order valence-electron chi connectivity index (χ1n) is 15.4. The average Bonchev–Trinajstić information content (AvgIpc) is 3.26. The van der Waals surface area contributed by atoms with E-state index in [2.05, 4.69) is 181 Å². The summed E-state index contributed by atoms with van der Waals surface area (Å²) in [6.45, 7) is 27.6. The van der Waals surface area contributed by atoms with Gasteiger partial charge < -0.3 is 4.98 Å². The van der Waals surface area contributed by atoms with Crippen molar-refractivity contribution < 1.29 is 0 Å². The Morgan fingerprint density at radius 2 is 0.628 bits per heavy atom. The molecule has 5 aromatic rings. The Kier molecular flexibility index (Phi) is 7.92. The van der Waals surface area contributed by atoms with Gasteiger partial charge in [0.2, 0.25) is 0 Å². The predicted molar refractivity (Wildman–Crippen MR) is 197 cm³/mol. The lowest BCUT2D eigenvalue weighted by Gasteiger charge is -2.26. The van der Waals surface area contributed by atoms with Crippen molar-refractivity contribution in [1.82, 2.24) is 4.98 Å². The Labute approximate surface area is 276 Å². The molecule has 226 valence electrons. The van der Waals surface area contributed by atoms with Crippen molar-refractivity contribution in [1.29, 1.82) is 0 Å². The number of rotatable bonds is 2. The molecular formula is C40H47Br2N. The first-order chi connectivity index (χ1) is 19.6. The van der Waals surface area contributed by atoms with Gasteiger partial charge in [-0.05, 0) is 122 Å². The smallest absolute Gasteiger partial charge is 0.0609 e. The van der Waals surface area contributed by atoms with Crippen LogP contribution in [0.4, 0.5) is 0 Å². The van der Waals surface area contributed by atoms with E-state index in [-0.39, 0.29) is 21.7 Å². The fourth-order valence-corrected chi connectivity index (χ4v) is 6.79. The van der Waals surface area contributed by atoms with Crippen molar-refractivity contribution >= 4 is 53.7 Å². The summed E-state index contributed by atoms with van der Waals surface area (Å²) in [5.74, 6) is 0. The molecule has 0 aliphatic rings. The fraction of sp³-hybridized carbons (Fsp3) is 0.400. The molecule has 0 saturated carbocycles. The second-order valence-corrected chi connectivity index (χ2v) is 18.2. The number of aromatic nitrogens is 1. The molecule has 1 aromatic heterocycles. The molecule has 0 aliphatic heterocycles. The molecule has 0 amide bonds. The Bertz CT molecular complexity index is 1660. The summed E-state index contributed by atoms with van der Waals surface area (Å²) >= 11 is 7.89. The third-order valence-corrected chi connectivity index (χ3v) is 9.97. The summed E-state index contributed by atoms with van der Waals surface area (Å²) in [4.78, 5) is 3.72. The number of hydrogen-bond acceptors (Lipinski definition) is 0. The number of aromatic amines is 1. The maximum Gasteiger partial charge on any atom is 0.0609 e. The van der Waals surface area contributed by atoms with E-state index in [1.807, 2.05) is 0 Å². The summed E-state index contributed by atoms with van der Waals surface area (Å²) in [6, 6.07) is 23.6. The van der Waals surface area contributed by atoms with Gasteiger partial charge in [0, 0.05) is 19.7 Å². The maximum absolute atomic E-state index is 3.94. The standard InChI is InChI=1S/C40H47Br2N/c1-37(2,3)27-13-23(14-28(21-27)38(4,5)6)25-17-31-32-18-26(20-34(42)36(32)43-35(31)33(41)19-25)24-15-29(39(7,8)9)22-30(16-24)40(10,11)12/h13-22,43H,1-12H3. The molecular weight excluding hydrogens is 654 g/mol. The molecule has 0 bridgehead atoms. The predicted octanol–water partition coefficient (Wildman–Crippen LogP) is 13.4. The molecule has 43 heavy (non-hydrogen) atoms. The van der Waals surface area contributed by atoms with Gasteiger partial charge in [0.15, 0.2) is 0 Å². The number of nitrogens with one attached hydrogen (secondary N) is 1. The molecule has 0 saturated heterocycles. The van der Waals surface area contributed by atoms with Gasteiger partial charge in [-0.1, -0.05) is 119 Å². The van der Waals surface area contributed by atoms with Crippen molar-refractivity contribution in [2.45, 2.75) is 105 Å². The van der Waals surface area contributed by atoms with Crippen molar-refractivity contribution in [3.05, 3.63) is 91.9 Å². The Morgan fingerprint density at radius 1 is 0.372 bits per heavy atom. The van der Waals surface area contributed by atoms with Crippen LogP contribution in [0.1, 0.15) is 105 Å². The van der Waals surface area contributed by atoms with E-state index in [0.717, 1.165) is 20.0 Å². The van der Waals surface area contributed by atoms with Crippen molar-refractivity contribution in [3.8, 4) is 22.3 Å². The van der Waals surface area contributed by atoms with E-state index < -0.39 is 0 Å². The molecule has 0 fully saturated rings. The normalized spacial score (nSPS) is 13.3. The third kappa shape index (κ3) is 6.40. The van der Waals surface area contributed by atoms with Crippen LogP contribution in [0.2, 0.25) is 0 Å². The monoisotopic (exact) mass is 699 g/mol. The van der Waals surface area contributed by atoms with Crippen LogP contribution >= 0.6 is 31.9 Å². The summed E-state index contributed by atoms with van der Waals surface area (Å²) in [6.07, 6.45) is 0. The summed E-state index contributed by atoms with van der Waals surface area (Å²) in [5, 5.41) is 2.45. The molecule has 0 atom stereocenters. The highest BCUT2D eigenvalue weighted by Gasteiger charge is 2.23. The Morgan fingerprint density at radius 3 is 0.884 bits per heavy atom. The zero-order valence-electron chi connectivity index (χ0n) is 28.0. The van der Waals surface area contributed by atoms with Gasteiger partial charge in [-0.25, -0.2) is 0 Å². The minimum atomic E-state index is 0.0609. The van der Waals surface area contributed by atoms with Gasteiger partial charge in [0.1, 0.15) is 0 Å². The van der Waals surface area contributed by atoms with Crippen molar-refractivity contribution in [2.75, 3.05) is 0 Å². The van der Waals surface area contributed by atoms with Gasteiger partial charge in [0.25, 0.3) is 0 Å². The number of H-pyrrole nitrogens is 1. The number of hydrogen-bond donors (Lipinski definition) is 1. The number of halogens is 2. The van der Waals surface area contributed by atoms with Crippen LogP contribution in [0.15, 0.2) is 69.6 Å². The van der Waals surface area contributed by atoms with Crippen LogP contribution in [0.5, 0.6) is 0 Å².